The Kier molecular flexibility index (Phi) is 83.1. The van der Waals surface area contributed by atoms with Crippen molar-refractivity contribution in [3.05, 3.63) is 84.9 Å². The molecule has 0 fully saturated rings. The minimum Gasteiger partial charge on any atom is -0.252 e. The van der Waals surface area contributed by atoms with E-state index in [1.54, 1.807) is 13.8 Å². The molecule has 0 heterocycles. The zero-order valence-corrected chi connectivity index (χ0v) is 24.5. The molecular formula is C32H62O2. The van der Waals surface area contributed by atoms with Gasteiger partial charge in [0.05, 0.1) is 6.10 Å². The summed E-state index contributed by atoms with van der Waals surface area (Å²) in [6.45, 7) is 27.5. The molecule has 3 aromatic rings. The normalized spacial score (nSPS) is 6.82. The molecule has 0 radical (unpaired) electrons. The van der Waals surface area contributed by atoms with Gasteiger partial charge in [-0.3, -0.25) is 5.26 Å². The van der Waals surface area contributed by atoms with Gasteiger partial charge in [-0.05, 0) is 24.6 Å². The van der Waals surface area contributed by atoms with E-state index >= 15 is 0 Å². The summed E-state index contributed by atoms with van der Waals surface area (Å²) in [7, 11) is 0. The second-order valence-corrected chi connectivity index (χ2v) is 4.66. The fourth-order valence-electron chi connectivity index (χ4n) is 1.52. The summed E-state index contributed by atoms with van der Waals surface area (Å²) in [5.74, 6) is 0. The predicted octanol–water partition coefficient (Wildman–Crippen LogP) is 12.2. The van der Waals surface area contributed by atoms with E-state index < -0.39 is 0 Å². The van der Waals surface area contributed by atoms with Crippen LogP contribution in [0.15, 0.2) is 84.9 Å². The Balaban J connectivity index is -0.0000000539. The smallest absolute Gasteiger partial charge is 0.0871 e. The standard InChI is InChI=1S/C10H8.C6H6.C3H8O2.6C2H6.CH4/c1-2-6-10-8-4-3-7-9(10)5-1;1-2-4-6-5-3-1;1-3(2)5-4;6*1-2;/h1-8H;1-6H;3-4H,1-2H3;6*1-2H3;1H4. The van der Waals surface area contributed by atoms with E-state index in [2.05, 4.69) is 53.4 Å². The van der Waals surface area contributed by atoms with Crippen LogP contribution in [0.1, 0.15) is 104 Å². The van der Waals surface area contributed by atoms with Gasteiger partial charge in [-0.15, -0.1) is 0 Å². The number of fused-ring (bicyclic) bond motifs is 1. The minimum absolute atomic E-state index is 0. The molecule has 0 atom stereocenters. The summed E-state index contributed by atoms with van der Waals surface area (Å²) in [5, 5.41) is 10.3. The molecule has 0 bridgehead atoms. The van der Waals surface area contributed by atoms with Gasteiger partial charge < -0.3 is 0 Å². The van der Waals surface area contributed by atoms with E-state index in [0.29, 0.717) is 0 Å². The summed E-state index contributed by atoms with van der Waals surface area (Å²) in [4.78, 5) is 3.75. The molecule has 0 amide bonds. The van der Waals surface area contributed by atoms with Gasteiger partial charge in [0.25, 0.3) is 0 Å². The van der Waals surface area contributed by atoms with Gasteiger partial charge in [-0.1, -0.05) is 175 Å². The van der Waals surface area contributed by atoms with E-state index in [1.807, 2.05) is 119 Å². The maximum Gasteiger partial charge on any atom is 0.0871 e. The van der Waals surface area contributed by atoms with Crippen molar-refractivity contribution in [3.63, 3.8) is 0 Å². The highest BCUT2D eigenvalue weighted by atomic mass is 17.1. The van der Waals surface area contributed by atoms with E-state index in [-0.39, 0.29) is 13.5 Å². The zero-order chi connectivity index (χ0) is 27.3. The Bertz CT molecular complexity index is 501. The van der Waals surface area contributed by atoms with Crippen LogP contribution in [0.4, 0.5) is 0 Å². The van der Waals surface area contributed by atoms with Crippen LogP contribution < -0.4 is 0 Å². The fraction of sp³-hybridized carbons (Fsp3) is 0.500. The largest absolute Gasteiger partial charge is 0.252 e. The van der Waals surface area contributed by atoms with Gasteiger partial charge in [0.2, 0.25) is 0 Å². The van der Waals surface area contributed by atoms with Gasteiger partial charge >= 0.3 is 0 Å². The van der Waals surface area contributed by atoms with Crippen molar-refractivity contribution >= 4 is 10.8 Å². The first-order chi connectivity index (χ1) is 16.2. The Labute approximate surface area is 216 Å². The van der Waals surface area contributed by atoms with Gasteiger partial charge in [0.15, 0.2) is 0 Å². The molecule has 34 heavy (non-hydrogen) atoms. The first kappa shape index (κ1) is 49.1. The summed E-state index contributed by atoms with van der Waals surface area (Å²) < 4.78 is 0. The lowest BCUT2D eigenvalue weighted by Crippen LogP contribution is -1.95. The van der Waals surface area contributed by atoms with Crippen LogP contribution >= 0.6 is 0 Å². The number of rotatable bonds is 1. The Morgan fingerprint density at radius 2 is 0.588 bits per heavy atom. The quantitative estimate of drug-likeness (QED) is 0.278. The van der Waals surface area contributed by atoms with Crippen molar-refractivity contribution in [3.8, 4) is 0 Å². The molecule has 2 heteroatoms. The molecule has 0 saturated carbocycles. The monoisotopic (exact) mass is 478 g/mol. The van der Waals surface area contributed by atoms with Gasteiger partial charge in [-0.2, -0.15) is 0 Å². The highest BCUT2D eigenvalue weighted by molar-refractivity contribution is 5.81. The SMILES string of the molecule is C.CC.CC.CC.CC.CC.CC.CC(C)OO.c1ccc2ccccc2c1.c1ccccc1. The number of hydrogen-bond acceptors (Lipinski definition) is 2. The first-order valence-electron chi connectivity index (χ1n) is 13.0. The summed E-state index contributed by atoms with van der Waals surface area (Å²) in [5.41, 5.74) is 0. The average Bonchev–Trinajstić information content (AvgIpc) is 2.97. The summed E-state index contributed by atoms with van der Waals surface area (Å²) >= 11 is 0. The second-order valence-electron chi connectivity index (χ2n) is 4.66. The summed E-state index contributed by atoms with van der Waals surface area (Å²) in [6.07, 6.45) is -0.0602. The van der Waals surface area contributed by atoms with E-state index in [4.69, 9.17) is 5.26 Å². The lowest BCUT2D eigenvalue weighted by molar-refractivity contribution is -0.269. The molecule has 0 aliphatic rings. The van der Waals surface area contributed by atoms with Gasteiger partial charge in [0, 0.05) is 0 Å². The summed E-state index contributed by atoms with van der Waals surface area (Å²) in [6, 6.07) is 28.7. The highest BCUT2D eigenvalue weighted by Crippen LogP contribution is 2.11. The van der Waals surface area contributed by atoms with Crippen LogP contribution in [0.2, 0.25) is 0 Å². The third-order valence-corrected chi connectivity index (χ3v) is 2.54. The first-order valence-corrected chi connectivity index (χ1v) is 13.0. The van der Waals surface area contributed by atoms with Crippen molar-refractivity contribution in [2.75, 3.05) is 0 Å². The molecular weight excluding hydrogens is 416 g/mol. The molecule has 0 aliphatic heterocycles. The Hall–Kier alpha value is -2.16. The number of benzene rings is 3. The van der Waals surface area contributed by atoms with E-state index in [1.165, 1.54) is 10.8 Å². The molecule has 0 saturated heterocycles. The van der Waals surface area contributed by atoms with Crippen molar-refractivity contribution in [2.24, 2.45) is 0 Å². The lowest BCUT2D eigenvalue weighted by atomic mass is 10.1. The predicted molar refractivity (Wildman–Crippen MR) is 164 cm³/mol. The maximum atomic E-state index is 7.64. The fourth-order valence-corrected chi connectivity index (χ4v) is 1.52. The molecule has 202 valence electrons. The molecule has 0 unspecified atom stereocenters. The molecule has 0 aromatic heterocycles. The third-order valence-electron chi connectivity index (χ3n) is 2.54. The van der Waals surface area contributed by atoms with Gasteiger partial charge in [0.1, 0.15) is 0 Å². The van der Waals surface area contributed by atoms with Crippen molar-refractivity contribution in [1.29, 1.82) is 0 Å². The van der Waals surface area contributed by atoms with Crippen molar-refractivity contribution < 1.29 is 10.1 Å². The molecule has 2 nitrogen and oxygen atoms in total. The Morgan fingerprint density at radius 3 is 0.706 bits per heavy atom. The molecule has 3 rings (SSSR count). The zero-order valence-electron chi connectivity index (χ0n) is 24.5. The minimum atomic E-state index is -0.0602. The maximum absolute atomic E-state index is 7.64. The average molecular weight is 479 g/mol. The Morgan fingerprint density at radius 1 is 0.441 bits per heavy atom. The van der Waals surface area contributed by atoms with Crippen LogP contribution in [0.5, 0.6) is 0 Å². The molecule has 0 aliphatic carbocycles. The van der Waals surface area contributed by atoms with Crippen molar-refractivity contribution in [1.82, 2.24) is 0 Å². The second kappa shape index (κ2) is 57.6. The van der Waals surface area contributed by atoms with E-state index in [9.17, 15) is 0 Å². The number of hydrogen-bond donors (Lipinski definition) is 1. The van der Waals surface area contributed by atoms with E-state index in [0.717, 1.165) is 0 Å². The third kappa shape index (κ3) is 43.7. The van der Waals surface area contributed by atoms with Crippen molar-refractivity contribution in [2.45, 2.75) is 110 Å². The van der Waals surface area contributed by atoms with Crippen LogP contribution in [0.3, 0.4) is 0 Å². The van der Waals surface area contributed by atoms with Crippen LogP contribution in [-0.4, -0.2) is 11.4 Å². The van der Waals surface area contributed by atoms with Gasteiger partial charge in [-0.25, -0.2) is 4.89 Å². The lowest BCUT2D eigenvalue weighted by Gasteiger charge is -1.92. The molecule has 1 N–H and O–H groups in total. The van der Waals surface area contributed by atoms with Crippen LogP contribution in [0.25, 0.3) is 10.8 Å². The van der Waals surface area contributed by atoms with Crippen LogP contribution in [-0.2, 0) is 4.89 Å². The molecule has 0 spiro atoms. The highest BCUT2D eigenvalue weighted by Gasteiger charge is 1.85. The topological polar surface area (TPSA) is 29.5 Å². The van der Waals surface area contributed by atoms with Crippen LogP contribution in [0, 0.1) is 0 Å². The molecule has 3 aromatic carbocycles.